The number of carbonyl (C=O) groups excluding carboxylic acids is 1. The van der Waals surface area contributed by atoms with Gasteiger partial charge in [0.25, 0.3) is 0 Å². The van der Waals surface area contributed by atoms with Gasteiger partial charge < -0.3 is 14.2 Å². The number of methoxy groups -OCH3 is 1. The summed E-state index contributed by atoms with van der Waals surface area (Å²) in [6.07, 6.45) is 1.52. The molecule has 3 aromatic rings. The van der Waals surface area contributed by atoms with Crippen molar-refractivity contribution in [1.29, 1.82) is 0 Å². The second kappa shape index (κ2) is 9.30. The molecule has 0 spiro atoms. The van der Waals surface area contributed by atoms with Crippen LogP contribution in [0.4, 0.5) is 0 Å². The van der Waals surface area contributed by atoms with Crippen LogP contribution in [0.25, 0.3) is 5.69 Å². The van der Waals surface area contributed by atoms with E-state index in [0.717, 1.165) is 16.7 Å². The smallest absolute Gasteiger partial charge is 0.350 e. The molecule has 0 aliphatic rings. The summed E-state index contributed by atoms with van der Waals surface area (Å²) in [5.74, 6) is 0.925. The summed E-state index contributed by atoms with van der Waals surface area (Å²) in [5, 5.41) is 4.24. The lowest BCUT2D eigenvalue weighted by Crippen LogP contribution is -2.40. The Balaban J connectivity index is 1.83. The minimum atomic E-state index is -1.11. The van der Waals surface area contributed by atoms with E-state index in [1.54, 1.807) is 56.7 Å². The van der Waals surface area contributed by atoms with Gasteiger partial charge in [-0.3, -0.25) is 4.57 Å². The third-order valence-electron chi connectivity index (χ3n) is 5.05. The van der Waals surface area contributed by atoms with Gasteiger partial charge in [0.05, 0.1) is 25.9 Å². The molecule has 0 bridgehead atoms. The molecule has 0 aliphatic heterocycles. The number of esters is 1. The molecule has 170 valence electrons. The first-order chi connectivity index (χ1) is 15.2. The van der Waals surface area contributed by atoms with Gasteiger partial charge in [-0.15, -0.1) is 0 Å². The Morgan fingerprint density at radius 1 is 1.09 bits per heavy atom. The van der Waals surface area contributed by atoms with E-state index in [0.29, 0.717) is 30.3 Å². The molecule has 0 amide bonds. The number of benzene rings is 2. The summed E-state index contributed by atoms with van der Waals surface area (Å²) in [4.78, 5) is 25.0. The van der Waals surface area contributed by atoms with E-state index in [-0.39, 0.29) is 5.69 Å². The molecule has 1 aromatic heterocycles. The van der Waals surface area contributed by atoms with E-state index in [9.17, 15) is 9.59 Å². The summed E-state index contributed by atoms with van der Waals surface area (Å²) < 4.78 is 19.2. The number of aromatic nitrogens is 3. The van der Waals surface area contributed by atoms with Crippen LogP contribution in [0.15, 0.2) is 47.5 Å². The highest BCUT2D eigenvalue weighted by Crippen LogP contribution is 2.29. The van der Waals surface area contributed by atoms with Gasteiger partial charge in [-0.25, -0.2) is 9.59 Å². The van der Waals surface area contributed by atoms with E-state index in [1.807, 2.05) is 26.0 Å². The van der Waals surface area contributed by atoms with Crippen molar-refractivity contribution in [3.05, 3.63) is 69.9 Å². The van der Waals surface area contributed by atoms with Crippen LogP contribution in [0.3, 0.4) is 0 Å². The van der Waals surface area contributed by atoms with E-state index in [4.69, 9.17) is 14.2 Å². The molecule has 2 aromatic carbocycles. The number of rotatable bonds is 8. The van der Waals surface area contributed by atoms with Crippen LogP contribution in [0.5, 0.6) is 11.5 Å². The average molecular weight is 440 g/mol. The van der Waals surface area contributed by atoms with Gasteiger partial charge in [-0.05, 0) is 75.6 Å². The van der Waals surface area contributed by atoms with Crippen molar-refractivity contribution in [2.45, 2.75) is 46.8 Å². The average Bonchev–Trinajstić information content (AvgIpc) is 3.11. The Labute approximate surface area is 187 Å². The first-order valence-electron chi connectivity index (χ1n) is 10.4. The maximum Gasteiger partial charge on any atom is 0.350 e. The van der Waals surface area contributed by atoms with Crippen molar-refractivity contribution in [1.82, 2.24) is 14.3 Å². The van der Waals surface area contributed by atoms with Crippen LogP contribution in [0.1, 0.15) is 37.5 Å². The maximum atomic E-state index is 12.8. The number of hydrogen-bond acceptors (Lipinski definition) is 6. The van der Waals surface area contributed by atoms with Gasteiger partial charge in [-0.2, -0.15) is 9.78 Å². The summed E-state index contributed by atoms with van der Waals surface area (Å²) in [6, 6.07) is 11.0. The van der Waals surface area contributed by atoms with E-state index >= 15 is 0 Å². The first-order valence-corrected chi connectivity index (χ1v) is 10.4. The molecule has 32 heavy (non-hydrogen) atoms. The van der Waals surface area contributed by atoms with Crippen LogP contribution in [0.2, 0.25) is 0 Å². The molecule has 3 rings (SSSR count). The van der Waals surface area contributed by atoms with Crippen molar-refractivity contribution in [3.63, 3.8) is 0 Å². The van der Waals surface area contributed by atoms with Gasteiger partial charge in [0.2, 0.25) is 0 Å². The number of hydrogen-bond donors (Lipinski definition) is 0. The van der Waals surface area contributed by atoms with Crippen LogP contribution < -0.4 is 15.2 Å². The number of ether oxygens (including phenoxy) is 3. The summed E-state index contributed by atoms with van der Waals surface area (Å²) in [7, 11) is 1.59. The number of carbonyl (C=O) groups is 1. The summed E-state index contributed by atoms with van der Waals surface area (Å²) in [6.45, 7) is 9.61. The van der Waals surface area contributed by atoms with Crippen molar-refractivity contribution in [2.24, 2.45) is 0 Å². The molecule has 1 heterocycles. The highest BCUT2D eigenvalue weighted by atomic mass is 16.6. The molecular weight excluding hydrogens is 410 g/mol. The van der Waals surface area contributed by atoms with Crippen molar-refractivity contribution < 1.29 is 19.0 Å². The van der Waals surface area contributed by atoms with Gasteiger partial charge in [0.15, 0.2) is 5.60 Å². The molecule has 0 saturated carbocycles. The first kappa shape index (κ1) is 23.1. The molecule has 0 unspecified atom stereocenters. The Morgan fingerprint density at radius 2 is 1.72 bits per heavy atom. The molecule has 0 atom stereocenters. The van der Waals surface area contributed by atoms with Crippen LogP contribution in [-0.4, -0.2) is 39.6 Å². The molecular formula is C24H29N3O5. The second-order valence-corrected chi connectivity index (χ2v) is 8.04. The molecule has 0 radical (unpaired) electrons. The highest BCUT2D eigenvalue weighted by molar-refractivity contribution is 5.79. The highest BCUT2D eigenvalue weighted by Gasteiger charge is 2.32. The second-order valence-electron chi connectivity index (χ2n) is 8.04. The van der Waals surface area contributed by atoms with E-state index in [2.05, 4.69) is 5.10 Å². The molecule has 0 N–H and O–H groups in total. The lowest BCUT2D eigenvalue weighted by atomic mass is 10.0. The quantitative estimate of drug-likeness (QED) is 0.500. The minimum Gasteiger partial charge on any atom is -0.497 e. The predicted octanol–water partition coefficient (Wildman–Crippen LogP) is 3.43. The maximum absolute atomic E-state index is 12.8. The van der Waals surface area contributed by atoms with Gasteiger partial charge in [0, 0.05) is 0 Å². The molecule has 0 aliphatic carbocycles. The Bertz CT molecular complexity index is 1140. The minimum absolute atomic E-state index is 0.241. The zero-order chi connectivity index (χ0) is 23.5. The van der Waals surface area contributed by atoms with Gasteiger partial charge >= 0.3 is 11.7 Å². The summed E-state index contributed by atoms with van der Waals surface area (Å²) in [5.41, 5.74) is 1.98. The number of aryl methyl sites for hydroxylation is 2. The standard InChI is InChI=1S/C24H29N3O5/c1-7-31-22(28)24(4,5)32-21-16(2)12-18(13-17(21)3)14-26-15-25-27(23(26)29)19-8-10-20(30-6)11-9-19/h8-13,15H,7,14H2,1-6H3. The Morgan fingerprint density at radius 3 is 2.28 bits per heavy atom. The monoisotopic (exact) mass is 439 g/mol. The molecule has 0 saturated heterocycles. The van der Waals surface area contributed by atoms with Crippen molar-refractivity contribution >= 4 is 5.97 Å². The summed E-state index contributed by atoms with van der Waals surface area (Å²) >= 11 is 0. The van der Waals surface area contributed by atoms with Crippen LogP contribution in [-0.2, 0) is 16.1 Å². The fourth-order valence-electron chi connectivity index (χ4n) is 3.43. The zero-order valence-electron chi connectivity index (χ0n) is 19.3. The van der Waals surface area contributed by atoms with Crippen LogP contribution >= 0.6 is 0 Å². The normalized spacial score (nSPS) is 11.3. The van der Waals surface area contributed by atoms with Crippen molar-refractivity contribution in [3.8, 4) is 17.2 Å². The van der Waals surface area contributed by atoms with E-state index < -0.39 is 11.6 Å². The lowest BCUT2D eigenvalue weighted by molar-refractivity contribution is -0.158. The SMILES string of the molecule is CCOC(=O)C(C)(C)Oc1c(C)cc(Cn2cnn(-c3ccc(OC)cc3)c2=O)cc1C. The van der Waals surface area contributed by atoms with Crippen molar-refractivity contribution in [2.75, 3.05) is 13.7 Å². The zero-order valence-corrected chi connectivity index (χ0v) is 19.3. The number of nitrogens with zero attached hydrogens (tertiary/aromatic N) is 3. The van der Waals surface area contributed by atoms with E-state index in [1.165, 1.54) is 11.0 Å². The van der Waals surface area contributed by atoms with Crippen LogP contribution in [0, 0.1) is 13.8 Å². The fourth-order valence-corrected chi connectivity index (χ4v) is 3.43. The topological polar surface area (TPSA) is 84.6 Å². The van der Waals surface area contributed by atoms with Gasteiger partial charge in [0.1, 0.15) is 17.8 Å². The van der Waals surface area contributed by atoms with Gasteiger partial charge in [-0.1, -0.05) is 12.1 Å². The Kier molecular flexibility index (Phi) is 6.72. The molecule has 0 fully saturated rings. The third kappa shape index (κ3) is 4.85. The predicted molar refractivity (Wildman–Crippen MR) is 121 cm³/mol. The Hall–Kier alpha value is -3.55. The fraction of sp³-hybridized carbons (Fsp3) is 0.375. The lowest BCUT2D eigenvalue weighted by Gasteiger charge is -2.26. The largest absolute Gasteiger partial charge is 0.497 e. The third-order valence-corrected chi connectivity index (χ3v) is 5.05. The molecule has 8 nitrogen and oxygen atoms in total. The molecule has 8 heteroatoms.